The Labute approximate surface area is 205 Å². The first-order chi connectivity index (χ1) is 16.6. The van der Waals surface area contributed by atoms with Crippen LogP contribution >= 0.6 is 11.8 Å². The number of esters is 1. The van der Waals surface area contributed by atoms with E-state index < -0.39 is 5.97 Å². The highest BCUT2D eigenvalue weighted by Gasteiger charge is 2.17. The van der Waals surface area contributed by atoms with E-state index in [0.29, 0.717) is 12.0 Å². The molecule has 0 amide bonds. The van der Waals surface area contributed by atoms with E-state index in [9.17, 15) is 4.79 Å². The van der Waals surface area contributed by atoms with E-state index in [1.807, 2.05) is 17.8 Å². The molecule has 176 valence electrons. The molecular weight excluding hydrogens is 444 g/mol. The number of benzene rings is 2. The van der Waals surface area contributed by atoms with Crippen LogP contribution in [-0.4, -0.2) is 29.1 Å². The van der Waals surface area contributed by atoms with Gasteiger partial charge in [0.15, 0.2) is 0 Å². The van der Waals surface area contributed by atoms with Crippen molar-refractivity contribution < 1.29 is 9.53 Å². The van der Waals surface area contributed by atoms with Crippen LogP contribution in [0, 0.1) is 6.92 Å². The van der Waals surface area contributed by atoms with Crippen molar-refractivity contribution in [3.05, 3.63) is 77.5 Å². The Balaban J connectivity index is 1.48. The van der Waals surface area contributed by atoms with Gasteiger partial charge in [-0.15, -0.1) is 11.8 Å². The molecule has 1 fully saturated rings. The van der Waals surface area contributed by atoms with Gasteiger partial charge in [-0.25, -0.2) is 9.78 Å². The molecule has 7 heteroatoms. The van der Waals surface area contributed by atoms with Crippen molar-refractivity contribution in [1.29, 1.82) is 0 Å². The number of anilines is 3. The second-order valence-corrected chi connectivity index (χ2v) is 9.40. The highest BCUT2D eigenvalue weighted by atomic mass is 32.2. The summed E-state index contributed by atoms with van der Waals surface area (Å²) in [5, 5.41) is 6.89. The summed E-state index contributed by atoms with van der Waals surface area (Å²) in [5.74, 6) is 1.77. The fraction of sp³-hybridized carbons (Fsp3) is 0.296. The molecule has 1 saturated carbocycles. The number of aryl methyl sites for hydroxylation is 1. The van der Waals surface area contributed by atoms with E-state index >= 15 is 0 Å². The van der Waals surface area contributed by atoms with Crippen LogP contribution < -0.4 is 10.6 Å². The highest BCUT2D eigenvalue weighted by Crippen LogP contribution is 2.29. The maximum Gasteiger partial charge on any atom is 0.330 e. The fourth-order valence-corrected chi connectivity index (χ4v) is 4.86. The van der Waals surface area contributed by atoms with Gasteiger partial charge < -0.3 is 15.4 Å². The summed E-state index contributed by atoms with van der Waals surface area (Å²) in [4.78, 5) is 22.0. The molecule has 1 aliphatic carbocycles. The van der Waals surface area contributed by atoms with E-state index in [2.05, 4.69) is 65.0 Å². The summed E-state index contributed by atoms with van der Waals surface area (Å²) in [7, 11) is 1.36. The van der Waals surface area contributed by atoms with E-state index in [1.54, 1.807) is 12.3 Å². The molecule has 1 aromatic heterocycles. The molecule has 1 aliphatic rings. The monoisotopic (exact) mass is 474 g/mol. The van der Waals surface area contributed by atoms with Crippen LogP contribution in [0.5, 0.6) is 0 Å². The van der Waals surface area contributed by atoms with E-state index in [-0.39, 0.29) is 0 Å². The van der Waals surface area contributed by atoms with Gasteiger partial charge in [-0.3, -0.25) is 0 Å². The summed E-state index contributed by atoms with van der Waals surface area (Å²) in [6.45, 7) is 2.08. The number of rotatable bonds is 9. The lowest BCUT2D eigenvalue weighted by Gasteiger charge is -2.16. The molecule has 0 bridgehead atoms. The third-order valence-electron chi connectivity index (χ3n) is 5.81. The van der Waals surface area contributed by atoms with Gasteiger partial charge in [0, 0.05) is 40.2 Å². The minimum absolute atomic E-state index is 0.385. The minimum Gasteiger partial charge on any atom is -0.466 e. The number of thioether (sulfide) groups is 1. The Morgan fingerprint density at radius 2 is 1.97 bits per heavy atom. The van der Waals surface area contributed by atoms with Crippen LogP contribution in [-0.2, 0) is 15.3 Å². The van der Waals surface area contributed by atoms with Gasteiger partial charge >= 0.3 is 5.97 Å². The first kappa shape index (κ1) is 23.8. The lowest BCUT2D eigenvalue weighted by molar-refractivity contribution is -0.134. The summed E-state index contributed by atoms with van der Waals surface area (Å²) in [6, 6.07) is 17.2. The Morgan fingerprint density at radius 3 is 2.71 bits per heavy atom. The Bertz CT molecular complexity index is 1140. The van der Waals surface area contributed by atoms with Crippen molar-refractivity contribution >= 4 is 41.3 Å². The fourth-order valence-electron chi connectivity index (χ4n) is 3.91. The zero-order chi connectivity index (χ0) is 23.8. The maximum atomic E-state index is 11.6. The lowest BCUT2D eigenvalue weighted by atomic mass is 10.2. The zero-order valence-corrected chi connectivity index (χ0v) is 20.4. The number of carbonyl (C=O) groups is 1. The van der Waals surface area contributed by atoms with Gasteiger partial charge in [0.2, 0.25) is 5.95 Å². The van der Waals surface area contributed by atoms with Crippen LogP contribution in [0.25, 0.3) is 6.08 Å². The second kappa shape index (κ2) is 11.7. The van der Waals surface area contributed by atoms with Gasteiger partial charge in [-0.05, 0) is 55.2 Å². The molecule has 0 radical (unpaired) electrons. The first-order valence-electron chi connectivity index (χ1n) is 11.5. The van der Waals surface area contributed by atoms with Crippen LogP contribution in [0.1, 0.15) is 42.4 Å². The van der Waals surface area contributed by atoms with Crippen LogP contribution in [0.3, 0.4) is 0 Å². The third-order valence-corrected chi connectivity index (χ3v) is 6.87. The number of aromatic nitrogens is 2. The number of nitrogens with one attached hydrogen (secondary N) is 2. The van der Waals surface area contributed by atoms with E-state index in [0.717, 1.165) is 41.2 Å². The predicted octanol–water partition coefficient (Wildman–Crippen LogP) is 6.36. The quantitative estimate of drug-likeness (QED) is 0.212. The molecule has 6 nitrogen and oxygen atoms in total. The highest BCUT2D eigenvalue weighted by molar-refractivity contribution is 7.98. The lowest BCUT2D eigenvalue weighted by Crippen LogP contribution is -2.17. The van der Waals surface area contributed by atoms with Gasteiger partial charge in [0.05, 0.1) is 7.11 Å². The molecular formula is C27H30N4O2S. The van der Waals surface area contributed by atoms with Gasteiger partial charge in [-0.1, -0.05) is 43.2 Å². The second-order valence-electron chi connectivity index (χ2n) is 8.36. The minimum atomic E-state index is -0.408. The molecule has 1 heterocycles. The SMILES string of the molecule is COC(=O)/C=C/c1cnc(Nc2ccc(SCc3ccccc3)cc2C)nc1NC1CCCC1. The average molecular weight is 475 g/mol. The van der Waals surface area contributed by atoms with E-state index in [4.69, 9.17) is 9.72 Å². The number of methoxy groups -OCH3 is 1. The van der Waals surface area contributed by atoms with Gasteiger partial charge in [-0.2, -0.15) is 4.98 Å². The predicted molar refractivity (Wildman–Crippen MR) is 139 cm³/mol. The average Bonchev–Trinajstić information content (AvgIpc) is 3.37. The third kappa shape index (κ3) is 6.60. The molecule has 0 saturated heterocycles. The van der Waals surface area contributed by atoms with Crippen molar-refractivity contribution in [2.24, 2.45) is 0 Å². The number of ether oxygens (including phenoxy) is 1. The van der Waals surface area contributed by atoms with Crippen LogP contribution in [0.2, 0.25) is 0 Å². The van der Waals surface area contributed by atoms with Crippen molar-refractivity contribution in [1.82, 2.24) is 9.97 Å². The Morgan fingerprint density at radius 1 is 1.18 bits per heavy atom. The standard InChI is InChI=1S/C27H30N4O2S/c1-19-16-23(34-18-20-8-4-3-5-9-20)13-14-24(19)30-27-28-17-21(12-15-25(32)33-2)26(31-27)29-22-10-6-7-11-22/h3-5,8-9,12-17,22H,6-7,10-11,18H2,1-2H3,(H2,28,29,30,31)/b15-12+. The van der Waals surface area contributed by atoms with Gasteiger partial charge in [0.1, 0.15) is 5.82 Å². The van der Waals surface area contributed by atoms with Crippen molar-refractivity contribution in [3.8, 4) is 0 Å². The topological polar surface area (TPSA) is 76.1 Å². The van der Waals surface area contributed by atoms with Crippen molar-refractivity contribution in [3.63, 3.8) is 0 Å². The number of carbonyl (C=O) groups excluding carboxylic acids is 1. The molecule has 0 unspecified atom stereocenters. The molecule has 0 aliphatic heterocycles. The summed E-state index contributed by atoms with van der Waals surface area (Å²) >= 11 is 1.82. The molecule has 2 N–H and O–H groups in total. The van der Waals surface area contributed by atoms with Gasteiger partial charge in [0.25, 0.3) is 0 Å². The summed E-state index contributed by atoms with van der Waals surface area (Å²) in [6.07, 6.45) is 9.48. The molecule has 34 heavy (non-hydrogen) atoms. The van der Waals surface area contributed by atoms with Crippen LogP contribution in [0.15, 0.2) is 65.7 Å². The largest absolute Gasteiger partial charge is 0.466 e. The first-order valence-corrected chi connectivity index (χ1v) is 12.5. The number of hydrogen-bond acceptors (Lipinski definition) is 7. The van der Waals surface area contributed by atoms with E-state index in [1.165, 1.54) is 36.5 Å². The molecule has 3 aromatic rings. The molecule has 0 spiro atoms. The molecule has 0 atom stereocenters. The maximum absolute atomic E-state index is 11.6. The zero-order valence-electron chi connectivity index (χ0n) is 19.6. The number of hydrogen-bond donors (Lipinski definition) is 2. The number of nitrogens with zero attached hydrogens (tertiary/aromatic N) is 2. The Hall–Kier alpha value is -3.32. The normalized spacial score (nSPS) is 13.8. The van der Waals surface area contributed by atoms with Crippen molar-refractivity contribution in [2.45, 2.75) is 49.3 Å². The molecule has 4 rings (SSSR count). The Kier molecular flexibility index (Phi) is 8.20. The van der Waals surface area contributed by atoms with Crippen LogP contribution in [0.4, 0.5) is 17.5 Å². The smallest absolute Gasteiger partial charge is 0.330 e. The summed E-state index contributed by atoms with van der Waals surface area (Å²) in [5.41, 5.74) is 4.16. The summed E-state index contributed by atoms with van der Waals surface area (Å²) < 4.78 is 4.71. The molecule has 2 aromatic carbocycles. The van der Waals surface area contributed by atoms with Crippen molar-refractivity contribution in [2.75, 3.05) is 17.7 Å².